The average Bonchev–Trinajstić information content (AvgIpc) is 2.76. The first kappa shape index (κ1) is 22.0. The van der Waals surface area contributed by atoms with E-state index in [9.17, 15) is 13.2 Å². The Labute approximate surface area is 186 Å². The van der Waals surface area contributed by atoms with Crippen LogP contribution in [0.2, 0.25) is 0 Å². The number of sulfonamides is 1. The second-order valence-electron chi connectivity index (χ2n) is 8.99. The van der Waals surface area contributed by atoms with Crippen LogP contribution < -0.4 is 0 Å². The maximum Gasteiger partial charge on any atom is 0.243 e. The monoisotopic (exact) mass is 440 g/mol. The van der Waals surface area contributed by atoms with Crippen LogP contribution in [-0.4, -0.2) is 43.2 Å². The molecule has 0 unspecified atom stereocenters. The zero-order valence-corrected chi connectivity index (χ0v) is 19.1. The van der Waals surface area contributed by atoms with Crippen LogP contribution in [0.1, 0.15) is 43.2 Å². The lowest BCUT2D eigenvalue weighted by molar-refractivity contribution is -0.138. The molecule has 1 saturated carbocycles. The molecule has 1 heterocycles. The highest BCUT2D eigenvalue weighted by molar-refractivity contribution is 7.89. The largest absolute Gasteiger partial charge is 0.338 e. The normalized spacial score (nSPS) is 18.5. The topological polar surface area (TPSA) is 57.7 Å². The molecule has 6 heteroatoms. The number of hydrogen-bond acceptors (Lipinski definition) is 3. The number of amides is 1. The molecule has 2 aromatic carbocycles. The van der Waals surface area contributed by atoms with Crippen molar-refractivity contribution >= 4 is 15.9 Å². The van der Waals surface area contributed by atoms with Crippen molar-refractivity contribution in [2.24, 2.45) is 11.8 Å². The standard InChI is InChI=1S/C25H32N2O3S/c1-20-10-12-24(13-11-20)31(29,30)27-16-14-23(15-17-27)25(28)26(19-22-8-5-9-22)18-21-6-3-2-4-7-21/h2-4,6-7,10-13,22-23H,5,8-9,14-19H2,1H3. The average molecular weight is 441 g/mol. The van der Waals surface area contributed by atoms with Gasteiger partial charge < -0.3 is 4.90 Å². The number of carbonyl (C=O) groups is 1. The maximum absolute atomic E-state index is 13.4. The predicted molar refractivity (Wildman–Crippen MR) is 122 cm³/mol. The molecule has 2 fully saturated rings. The van der Waals surface area contributed by atoms with Crippen molar-refractivity contribution in [2.45, 2.75) is 50.5 Å². The molecule has 5 nitrogen and oxygen atoms in total. The number of benzene rings is 2. The van der Waals surface area contributed by atoms with Gasteiger partial charge in [-0.25, -0.2) is 8.42 Å². The molecule has 0 bridgehead atoms. The second kappa shape index (κ2) is 9.53. The van der Waals surface area contributed by atoms with Gasteiger partial charge in [0.25, 0.3) is 0 Å². The minimum atomic E-state index is -3.50. The second-order valence-corrected chi connectivity index (χ2v) is 10.9. The van der Waals surface area contributed by atoms with Gasteiger partial charge in [0.05, 0.1) is 4.90 Å². The molecular formula is C25H32N2O3S. The van der Waals surface area contributed by atoms with Crippen LogP contribution in [0.4, 0.5) is 0 Å². The van der Waals surface area contributed by atoms with Gasteiger partial charge in [0.15, 0.2) is 0 Å². The number of aryl methyl sites for hydroxylation is 1. The molecule has 4 rings (SSSR count). The summed E-state index contributed by atoms with van der Waals surface area (Å²) >= 11 is 0. The molecular weight excluding hydrogens is 408 g/mol. The summed E-state index contributed by atoms with van der Waals surface area (Å²) < 4.78 is 27.5. The minimum Gasteiger partial charge on any atom is -0.338 e. The maximum atomic E-state index is 13.4. The van der Waals surface area contributed by atoms with E-state index in [-0.39, 0.29) is 11.8 Å². The zero-order valence-electron chi connectivity index (χ0n) is 18.2. The molecule has 0 N–H and O–H groups in total. The Morgan fingerprint density at radius 3 is 2.19 bits per heavy atom. The molecule has 1 aliphatic carbocycles. The minimum absolute atomic E-state index is 0.103. The fourth-order valence-corrected chi connectivity index (χ4v) is 5.95. The van der Waals surface area contributed by atoms with Gasteiger partial charge in [0.2, 0.25) is 15.9 Å². The van der Waals surface area contributed by atoms with Crippen LogP contribution in [0.15, 0.2) is 59.5 Å². The van der Waals surface area contributed by atoms with Crippen molar-refractivity contribution in [3.05, 3.63) is 65.7 Å². The van der Waals surface area contributed by atoms with Crippen molar-refractivity contribution in [3.8, 4) is 0 Å². The smallest absolute Gasteiger partial charge is 0.243 e. The van der Waals surface area contributed by atoms with E-state index < -0.39 is 10.0 Å². The van der Waals surface area contributed by atoms with Crippen molar-refractivity contribution in [1.82, 2.24) is 9.21 Å². The summed E-state index contributed by atoms with van der Waals surface area (Å²) in [6, 6.07) is 17.1. The number of hydrogen-bond donors (Lipinski definition) is 0. The van der Waals surface area contributed by atoms with Crippen LogP contribution in [-0.2, 0) is 21.4 Å². The lowest BCUT2D eigenvalue weighted by Crippen LogP contribution is -2.45. The third kappa shape index (κ3) is 5.18. The van der Waals surface area contributed by atoms with Gasteiger partial charge >= 0.3 is 0 Å². The number of rotatable bonds is 7. The van der Waals surface area contributed by atoms with Gasteiger partial charge in [-0.1, -0.05) is 54.4 Å². The molecule has 0 aromatic heterocycles. The van der Waals surface area contributed by atoms with Gasteiger partial charge in [-0.2, -0.15) is 4.31 Å². The zero-order chi connectivity index (χ0) is 21.8. The van der Waals surface area contributed by atoms with Crippen molar-refractivity contribution in [2.75, 3.05) is 19.6 Å². The third-order valence-corrected chi connectivity index (χ3v) is 8.61. The molecule has 2 aromatic rings. The van der Waals surface area contributed by atoms with E-state index in [0.29, 0.717) is 43.3 Å². The summed E-state index contributed by atoms with van der Waals surface area (Å²) in [6.07, 6.45) is 4.82. The summed E-state index contributed by atoms with van der Waals surface area (Å²) in [7, 11) is -3.50. The Bertz CT molecular complexity index is 977. The summed E-state index contributed by atoms with van der Waals surface area (Å²) in [5, 5.41) is 0. The quantitative estimate of drug-likeness (QED) is 0.648. The highest BCUT2D eigenvalue weighted by Gasteiger charge is 2.34. The fraction of sp³-hybridized carbons (Fsp3) is 0.480. The van der Waals surface area contributed by atoms with E-state index in [4.69, 9.17) is 0 Å². The summed E-state index contributed by atoms with van der Waals surface area (Å²) in [6.45, 7) is 4.19. The first-order chi connectivity index (χ1) is 14.9. The molecule has 1 amide bonds. The Morgan fingerprint density at radius 1 is 0.968 bits per heavy atom. The predicted octanol–water partition coefficient (Wildman–Crippen LogP) is 4.22. The molecule has 1 aliphatic heterocycles. The van der Waals surface area contributed by atoms with E-state index in [1.807, 2.05) is 42.2 Å². The molecule has 0 atom stereocenters. The van der Waals surface area contributed by atoms with Gasteiger partial charge in [-0.05, 0) is 56.2 Å². The molecule has 0 radical (unpaired) electrons. The van der Waals surface area contributed by atoms with E-state index >= 15 is 0 Å². The lowest BCUT2D eigenvalue weighted by Gasteiger charge is -2.37. The Morgan fingerprint density at radius 2 is 1.61 bits per heavy atom. The number of carbonyl (C=O) groups excluding carboxylic acids is 1. The lowest BCUT2D eigenvalue weighted by atomic mass is 9.84. The first-order valence-corrected chi connectivity index (χ1v) is 12.8. The molecule has 166 valence electrons. The highest BCUT2D eigenvalue weighted by atomic mass is 32.2. The van der Waals surface area contributed by atoms with E-state index in [1.54, 1.807) is 12.1 Å². The SMILES string of the molecule is Cc1ccc(S(=O)(=O)N2CCC(C(=O)N(Cc3ccccc3)CC3CCC3)CC2)cc1. The van der Waals surface area contributed by atoms with Gasteiger partial charge in [0, 0.05) is 32.1 Å². The van der Waals surface area contributed by atoms with Crippen LogP contribution in [0, 0.1) is 18.8 Å². The molecule has 1 saturated heterocycles. The fourth-order valence-electron chi connectivity index (χ4n) is 4.48. The van der Waals surface area contributed by atoms with Crippen LogP contribution in [0.25, 0.3) is 0 Å². The van der Waals surface area contributed by atoms with Crippen LogP contribution >= 0.6 is 0 Å². The van der Waals surface area contributed by atoms with E-state index in [0.717, 1.165) is 17.7 Å². The van der Waals surface area contributed by atoms with Gasteiger partial charge in [-0.15, -0.1) is 0 Å². The summed E-state index contributed by atoms with van der Waals surface area (Å²) in [5.74, 6) is 0.686. The Kier molecular flexibility index (Phi) is 6.77. The van der Waals surface area contributed by atoms with Gasteiger partial charge in [-0.3, -0.25) is 4.79 Å². The molecule has 31 heavy (non-hydrogen) atoms. The third-order valence-electron chi connectivity index (χ3n) is 6.69. The summed E-state index contributed by atoms with van der Waals surface area (Å²) in [4.78, 5) is 15.8. The highest BCUT2D eigenvalue weighted by Crippen LogP contribution is 2.30. The van der Waals surface area contributed by atoms with Crippen molar-refractivity contribution in [1.29, 1.82) is 0 Å². The van der Waals surface area contributed by atoms with Crippen molar-refractivity contribution in [3.63, 3.8) is 0 Å². The van der Waals surface area contributed by atoms with Crippen LogP contribution in [0.5, 0.6) is 0 Å². The van der Waals surface area contributed by atoms with Gasteiger partial charge in [0.1, 0.15) is 0 Å². The summed E-state index contributed by atoms with van der Waals surface area (Å²) in [5.41, 5.74) is 2.18. The number of nitrogens with zero attached hydrogens (tertiary/aromatic N) is 2. The van der Waals surface area contributed by atoms with Crippen molar-refractivity contribution < 1.29 is 13.2 Å². The van der Waals surface area contributed by atoms with E-state index in [2.05, 4.69) is 12.1 Å². The van der Waals surface area contributed by atoms with E-state index in [1.165, 1.54) is 23.6 Å². The molecule has 2 aliphatic rings. The Hall–Kier alpha value is -2.18. The molecule has 0 spiro atoms. The van der Waals surface area contributed by atoms with Crippen LogP contribution in [0.3, 0.4) is 0 Å². The Balaban J connectivity index is 1.40. The number of piperidine rings is 1. The first-order valence-electron chi connectivity index (χ1n) is 11.3.